The largest absolute Gasteiger partial charge is 0.389 e. The van der Waals surface area contributed by atoms with E-state index in [-0.39, 0.29) is 18.0 Å². The molecule has 0 aliphatic heterocycles. The van der Waals surface area contributed by atoms with Crippen molar-refractivity contribution in [2.24, 2.45) is 5.92 Å². The molecule has 1 fully saturated rings. The van der Waals surface area contributed by atoms with Gasteiger partial charge in [-0.25, -0.2) is 0 Å². The van der Waals surface area contributed by atoms with Gasteiger partial charge in [-0.3, -0.25) is 4.79 Å². The van der Waals surface area contributed by atoms with Crippen molar-refractivity contribution in [2.45, 2.75) is 38.7 Å². The summed E-state index contributed by atoms with van der Waals surface area (Å²) in [6.45, 7) is 3.08. The van der Waals surface area contributed by atoms with Crippen molar-refractivity contribution in [3.63, 3.8) is 0 Å². The summed E-state index contributed by atoms with van der Waals surface area (Å²) in [7, 11) is 0. The predicted molar refractivity (Wildman–Crippen MR) is 43.7 cm³/mol. The number of rotatable bonds is 2. The first-order valence-electron chi connectivity index (χ1n) is 4.18. The van der Waals surface area contributed by atoms with Crippen LogP contribution in [0.2, 0.25) is 0 Å². The third-order valence-electron chi connectivity index (χ3n) is 2.51. The quantitative estimate of drug-likeness (QED) is 0.663. The summed E-state index contributed by atoms with van der Waals surface area (Å²) >= 11 is 0. The van der Waals surface area contributed by atoms with Crippen LogP contribution in [0.25, 0.3) is 0 Å². The lowest BCUT2D eigenvalue weighted by atomic mass is 9.88. The zero-order chi connectivity index (χ0) is 9.35. The molecule has 3 nitrogen and oxygen atoms in total. The van der Waals surface area contributed by atoms with Crippen LogP contribution in [0.4, 0.5) is 0 Å². The summed E-state index contributed by atoms with van der Waals surface area (Å²) in [5, 5.41) is 9.70. The highest BCUT2D eigenvalue weighted by Crippen LogP contribution is 2.34. The molecule has 1 N–H and O–H groups in total. The molecule has 2 atom stereocenters. The van der Waals surface area contributed by atoms with E-state index in [1.807, 2.05) is 0 Å². The molecular formula is C9H14O3. The molecule has 0 bridgehead atoms. The zero-order valence-corrected chi connectivity index (χ0v) is 7.46. The second kappa shape index (κ2) is 2.98. The number of aliphatic hydroxyl groups is 1. The average molecular weight is 170 g/mol. The molecule has 0 aromatic carbocycles. The van der Waals surface area contributed by atoms with Crippen molar-refractivity contribution in [1.82, 2.24) is 0 Å². The molecule has 1 aliphatic rings. The molecule has 0 aromatic heterocycles. The smallest absolute Gasteiger partial charge is 0.139 e. The maximum absolute atomic E-state index is 11.2. The molecule has 1 aliphatic carbocycles. The van der Waals surface area contributed by atoms with Crippen LogP contribution < -0.4 is 0 Å². The standard InChI is InChI=1S/C9H14O3/c1-6(10)5-7-8(11)3-4-9(7,2)12/h7,12H,3-5H2,1-2H3. The zero-order valence-electron chi connectivity index (χ0n) is 7.46. The third kappa shape index (κ3) is 1.72. The molecule has 0 radical (unpaired) electrons. The minimum Gasteiger partial charge on any atom is -0.389 e. The first-order valence-corrected chi connectivity index (χ1v) is 4.18. The predicted octanol–water partition coefficient (Wildman–Crippen LogP) is 0.696. The second-order valence-corrected chi connectivity index (χ2v) is 3.78. The van der Waals surface area contributed by atoms with Gasteiger partial charge in [-0.05, 0) is 20.3 Å². The Hall–Kier alpha value is -0.700. The first kappa shape index (κ1) is 9.39. The maximum Gasteiger partial charge on any atom is 0.139 e. The summed E-state index contributed by atoms with van der Waals surface area (Å²) in [5.41, 5.74) is -0.956. The second-order valence-electron chi connectivity index (χ2n) is 3.78. The SMILES string of the molecule is CC(=O)CC1C(=O)CCC1(C)O. The van der Waals surface area contributed by atoms with Crippen molar-refractivity contribution >= 4 is 11.6 Å². The van der Waals surface area contributed by atoms with Crippen LogP contribution in [0.1, 0.15) is 33.1 Å². The van der Waals surface area contributed by atoms with Crippen LogP contribution in [0.3, 0.4) is 0 Å². The van der Waals surface area contributed by atoms with E-state index in [1.165, 1.54) is 6.92 Å². The van der Waals surface area contributed by atoms with Crippen LogP contribution in [0, 0.1) is 5.92 Å². The highest BCUT2D eigenvalue weighted by Gasteiger charge is 2.43. The Bertz CT molecular complexity index is 218. The van der Waals surface area contributed by atoms with E-state index in [0.29, 0.717) is 12.8 Å². The Morgan fingerprint density at radius 1 is 1.75 bits per heavy atom. The van der Waals surface area contributed by atoms with Gasteiger partial charge in [-0.15, -0.1) is 0 Å². The first-order chi connectivity index (χ1) is 5.43. The van der Waals surface area contributed by atoms with Crippen LogP contribution in [0.15, 0.2) is 0 Å². The lowest BCUT2D eigenvalue weighted by molar-refractivity contribution is -0.129. The Morgan fingerprint density at radius 3 is 2.67 bits per heavy atom. The normalized spacial score (nSPS) is 35.6. The average Bonchev–Trinajstić information content (AvgIpc) is 2.15. The van der Waals surface area contributed by atoms with Gasteiger partial charge in [0.05, 0.1) is 11.5 Å². The fourth-order valence-corrected chi connectivity index (χ4v) is 1.69. The summed E-state index contributed by atoms with van der Waals surface area (Å²) in [4.78, 5) is 22.0. The van der Waals surface area contributed by atoms with E-state index in [1.54, 1.807) is 6.92 Å². The van der Waals surface area contributed by atoms with Crippen molar-refractivity contribution < 1.29 is 14.7 Å². The lowest BCUT2D eigenvalue weighted by Crippen LogP contribution is -2.33. The molecule has 3 heteroatoms. The minimum absolute atomic E-state index is 0.0233. The van der Waals surface area contributed by atoms with Crippen molar-refractivity contribution in [2.75, 3.05) is 0 Å². The molecule has 0 saturated heterocycles. The Kier molecular flexibility index (Phi) is 2.33. The van der Waals surface area contributed by atoms with Crippen molar-refractivity contribution in [3.8, 4) is 0 Å². The highest BCUT2D eigenvalue weighted by molar-refractivity contribution is 5.89. The molecule has 12 heavy (non-hydrogen) atoms. The summed E-state index contributed by atoms with van der Waals surface area (Å²) in [6.07, 6.45) is 1.08. The number of Topliss-reactive ketones (excluding diaryl/α,β-unsaturated/α-hetero) is 2. The molecular weight excluding hydrogens is 156 g/mol. The number of ketones is 2. The molecule has 0 aromatic rings. The molecule has 1 rings (SSSR count). The van der Waals surface area contributed by atoms with E-state index >= 15 is 0 Å². The Morgan fingerprint density at radius 2 is 2.33 bits per heavy atom. The topological polar surface area (TPSA) is 54.4 Å². The molecule has 1 saturated carbocycles. The summed E-state index contributed by atoms with van der Waals surface area (Å²) in [6, 6.07) is 0. The number of carbonyl (C=O) groups is 2. The molecule has 0 spiro atoms. The van der Waals surface area contributed by atoms with E-state index in [0.717, 1.165) is 0 Å². The van der Waals surface area contributed by atoms with E-state index in [9.17, 15) is 14.7 Å². The summed E-state index contributed by atoms with van der Waals surface area (Å²) in [5.74, 6) is -0.472. The maximum atomic E-state index is 11.2. The van der Waals surface area contributed by atoms with Crippen molar-refractivity contribution in [3.05, 3.63) is 0 Å². The Balaban J connectivity index is 2.71. The number of carbonyl (C=O) groups excluding carboxylic acids is 2. The third-order valence-corrected chi connectivity index (χ3v) is 2.51. The van der Waals surface area contributed by atoms with Crippen LogP contribution in [0.5, 0.6) is 0 Å². The van der Waals surface area contributed by atoms with Crippen molar-refractivity contribution in [1.29, 1.82) is 0 Å². The van der Waals surface area contributed by atoms with Gasteiger partial charge in [0.2, 0.25) is 0 Å². The van der Waals surface area contributed by atoms with Gasteiger partial charge in [0.1, 0.15) is 11.6 Å². The van der Waals surface area contributed by atoms with E-state index < -0.39 is 11.5 Å². The minimum atomic E-state index is -0.956. The lowest BCUT2D eigenvalue weighted by Gasteiger charge is -2.22. The molecule has 68 valence electrons. The van der Waals surface area contributed by atoms with Gasteiger partial charge >= 0.3 is 0 Å². The Labute approximate surface area is 71.8 Å². The molecule has 2 unspecified atom stereocenters. The van der Waals surface area contributed by atoms with Gasteiger partial charge in [0.15, 0.2) is 0 Å². The molecule has 0 amide bonds. The van der Waals surface area contributed by atoms with Crippen LogP contribution in [-0.2, 0) is 9.59 Å². The monoisotopic (exact) mass is 170 g/mol. The van der Waals surface area contributed by atoms with Crippen LogP contribution in [-0.4, -0.2) is 22.3 Å². The van der Waals surface area contributed by atoms with Gasteiger partial charge in [0, 0.05) is 12.8 Å². The van der Waals surface area contributed by atoms with Gasteiger partial charge in [0.25, 0.3) is 0 Å². The highest BCUT2D eigenvalue weighted by atomic mass is 16.3. The van der Waals surface area contributed by atoms with Gasteiger partial charge < -0.3 is 9.90 Å². The molecule has 0 heterocycles. The van der Waals surface area contributed by atoms with Crippen LogP contribution >= 0.6 is 0 Å². The fourth-order valence-electron chi connectivity index (χ4n) is 1.69. The number of hydrogen-bond acceptors (Lipinski definition) is 3. The summed E-state index contributed by atoms with van der Waals surface area (Å²) < 4.78 is 0. The van der Waals surface area contributed by atoms with E-state index in [4.69, 9.17) is 0 Å². The number of hydrogen-bond donors (Lipinski definition) is 1. The van der Waals surface area contributed by atoms with Gasteiger partial charge in [-0.2, -0.15) is 0 Å². The van der Waals surface area contributed by atoms with E-state index in [2.05, 4.69) is 0 Å². The van der Waals surface area contributed by atoms with Gasteiger partial charge in [-0.1, -0.05) is 0 Å². The fraction of sp³-hybridized carbons (Fsp3) is 0.778.